The summed E-state index contributed by atoms with van der Waals surface area (Å²) in [5, 5.41) is 11.4. The van der Waals surface area contributed by atoms with Gasteiger partial charge in [-0.3, -0.25) is 14.9 Å². The summed E-state index contributed by atoms with van der Waals surface area (Å²) in [5.74, 6) is -1.27. The predicted octanol–water partition coefficient (Wildman–Crippen LogP) is 0.625. The molecule has 0 saturated carbocycles. The van der Waals surface area contributed by atoms with Gasteiger partial charge in [-0.1, -0.05) is 30.3 Å². The fourth-order valence-corrected chi connectivity index (χ4v) is 1.89. The highest BCUT2D eigenvalue weighted by Gasteiger charge is 2.23. The van der Waals surface area contributed by atoms with Gasteiger partial charge in [0.1, 0.15) is 12.6 Å². The van der Waals surface area contributed by atoms with Gasteiger partial charge in [0.15, 0.2) is 11.4 Å². The van der Waals surface area contributed by atoms with Crippen LogP contribution in [0.4, 0.5) is 0 Å². The number of pyridine rings is 1. The molecule has 24 heavy (non-hydrogen) atoms. The second-order valence-corrected chi connectivity index (χ2v) is 5.21. The first-order valence-corrected chi connectivity index (χ1v) is 7.39. The van der Waals surface area contributed by atoms with Crippen LogP contribution in [-0.2, 0) is 11.4 Å². The lowest BCUT2D eigenvalue weighted by molar-refractivity contribution is -0.123. The van der Waals surface area contributed by atoms with Crippen molar-refractivity contribution in [1.29, 1.82) is 0 Å². The number of imide groups is 1. The number of hydrogen-bond acceptors (Lipinski definition) is 6. The predicted molar refractivity (Wildman–Crippen MR) is 87.1 cm³/mol. The van der Waals surface area contributed by atoms with Crippen molar-refractivity contribution >= 4 is 11.8 Å². The highest BCUT2D eigenvalue weighted by atomic mass is 16.5. The Bertz CT molecular complexity index is 704. The van der Waals surface area contributed by atoms with Gasteiger partial charge < -0.3 is 15.6 Å². The molecule has 0 spiro atoms. The molecule has 0 unspecified atom stereocenters. The van der Waals surface area contributed by atoms with Crippen molar-refractivity contribution in [3.63, 3.8) is 0 Å². The summed E-state index contributed by atoms with van der Waals surface area (Å²) in [7, 11) is 0. The Morgan fingerprint density at radius 3 is 2.62 bits per heavy atom. The molecular weight excluding hydrogens is 310 g/mol. The second-order valence-electron chi connectivity index (χ2n) is 5.21. The molecule has 0 aliphatic heterocycles. The van der Waals surface area contributed by atoms with E-state index in [0.29, 0.717) is 0 Å². The van der Waals surface area contributed by atoms with E-state index in [1.54, 1.807) is 12.1 Å². The van der Waals surface area contributed by atoms with Crippen molar-refractivity contribution in [2.24, 2.45) is 5.73 Å². The standard InChI is InChI=1S/C17H19N3O4/c1-11(21)14(18)16(22)20-17(23)15-13(8-5-9-19-15)24-10-12-6-3-2-4-7-12/h2-9,11,14,21H,10,18H2,1H3,(H,20,22,23)/t11-,14+/m1/s1. The number of benzene rings is 1. The number of nitrogens with two attached hydrogens (primary N) is 1. The quantitative estimate of drug-likeness (QED) is 0.716. The largest absolute Gasteiger partial charge is 0.486 e. The molecule has 0 fully saturated rings. The summed E-state index contributed by atoms with van der Waals surface area (Å²) < 4.78 is 5.62. The van der Waals surface area contributed by atoms with Crippen LogP contribution in [0, 0.1) is 0 Å². The molecule has 0 bridgehead atoms. The van der Waals surface area contributed by atoms with Gasteiger partial charge in [0.2, 0.25) is 5.91 Å². The Morgan fingerprint density at radius 2 is 1.96 bits per heavy atom. The Morgan fingerprint density at radius 1 is 1.25 bits per heavy atom. The Hall–Kier alpha value is -2.77. The first-order valence-electron chi connectivity index (χ1n) is 7.39. The fraction of sp³-hybridized carbons (Fsp3) is 0.235. The zero-order chi connectivity index (χ0) is 17.5. The van der Waals surface area contributed by atoms with E-state index in [1.165, 1.54) is 13.1 Å². The maximum absolute atomic E-state index is 12.2. The zero-order valence-corrected chi connectivity index (χ0v) is 13.2. The van der Waals surface area contributed by atoms with E-state index in [-0.39, 0.29) is 18.1 Å². The van der Waals surface area contributed by atoms with Crippen LogP contribution in [0.15, 0.2) is 48.7 Å². The number of ether oxygens (including phenoxy) is 1. The SMILES string of the molecule is C[C@@H](O)[C@H](N)C(=O)NC(=O)c1ncccc1OCc1ccccc1. The van der Waals surface area contributed by atoms with Gasteiger partial charge >= 0.3 is 0 Å². The molecule has 126 valence electrons. The van der Waals surface area contributed by atoms with Crippen LogP contribution in [0.25, 0.3) is 0 Å². The summed E-state index contributed by atoms with van der Waals surface area (Å²) in [5.41, 5.74) is 6.40. The van der Waals surface area contributed by atoms with E-state index in [9.17, 15) is 14.7 Å². The summed E-state index contributed by atoms with van der Waals surface area (Å²) in [4.78, 5) is 27.9. The monoisotopic (exact) mass is 329 g/mol. The molecule has 2 rings (SSSR count). The highest BCUT2D eigenvalue weighted by molar-refractivity contribution is 6.06. The number of carbonyl (C=O) groups is 2. The van der Waals surface area contributed by atoms with Gasteiger partial charge in [-0.15, -0.1) is 0 Å². The summed E-state index contributed by atoms with van der Waals surface area (Å²) in [6.45, 7) is 1.62. The zero-order valence-electron chi connectivity index (χ0n) is 13.2. The lowest BCUT2D eigenvalue weighted by atomic mass is 10.2. The third-order valence-electron chi connectivity index (χ3n) is 3.28. The van der Waals surface area contributed by atoms with Gasteiger partial charge in [-0.05, 0) is 24.6 Å². The summed E-state index contributed by atoms with van der Waals surface area (Å²) in [6, 6.07) is 11.4. The van der Waals surface area contributed by atoms with Gasteiger partial charge in [0, 0.05) is 6.20 Å². The fourth-order valence-electron chi connectivity index (χ4n) is 1.89. The molecule has 1 aromatic heterocycles. The average molecular weight is 329 g/mol. The summed E-state index contributed by atoms with van der Waals surface area (Å²) in [6.07, 6.45) is 0.346. The molecule has 2 amide bonds. The number of aliphatic hydroxyl groups excluding tert-OH is 1. The maximum Gasteiger partial charge on any atom is 0.280 e. The molecule has 2 atom stereocenters. The molecule has 0 aliphatic rings. The lowest BCUT2D eigenvalue weighted by Gasteiger charge is -2.14. The van der Waals surface area contributed by atoms with E-state index in [0.717, 1.165) is 5.56 Å². The molecule has 2 aromatic rings. The third kappa shape index (κ3) is 4.61. The minimum absolute atomic E-state index is 0.0282. The smallest absolute Gasteiger partial charge is 0.280 e. The van der Waals surface area contributed by atoms with Crippen LogP contribution in [-0.4, -0.2) is 34.1 Å². The number of hydrogen-bond donors (Lipinski definition) is 3. The van der Waals surface area contributed by atoms with Gasteiger partial charge in [-0.25, -0.2) is 4.98 Å². The minimum atomic E-state index is -1.20. The van der Waals surface area contributed by atoms with Crippen molar-refractivity contribution in [1.82, 2.24) is 10.3 Å². The number of amides is 2. The summed E-state index contributed by atoms with van der Waals surface area (Å²) >= 11 is 0. The Labute approximate surface area is 139 Å². The van der Waals surface area contributed by atoms with Crippen molar-refractivity contribution in [3.05, 3.63) is 59.9 Å². The highest BCUT2D eigenvalue weighted by Crippen LogP contribution is 2.17. The Kier molecular flexibility index (Phi) is 6.00. The van der Waals surface area contributed by atoms with Gasteiger partial charge in [-0.2, -0.15) is 0 Å². The maximum atomic E-state index is 12.2. The van der Waals surface area contributed by atoms with Gasteiger partial charge in [0.05, 0.1) is 6.10 Å². The second kappa shape index (κ2) is 8.19. The van der Waals surface area contributed by atoms with Crippen molar-refractivity contribution in [2.45, 2.75) is 25.7 Å². The van der Waals surface area contributed by atoms with E-state index < -0.39 is 24.0 Å². The molecule has 4 N–H and O–H groups in total. The topological polar surface area (TPSA) is 115 Å². The molecular formula is C17H19N3O4. The number of nitrogens with one attached hydrogen (secondary N) is 1. The molecule has 0 radical (unpaired) electrons. The minimum Gasteiger partial charge on any atom is -0.486 e. The molecule has 7 heteroatoms. The van der Waals surface area contributed by atoms with Crippen LogP contribution in [0.2, 0.25) is 0 Å². The number of nitrogens with zero attached hydrogens (tertiary/aromatic N) is 1. The van der Waals surface area contributed by atoms with Crippen molar-refractivity contribution in [3.8, 4) is 5.75 Å². The van der Waals surface area contributed by atoms with Crippen LogP contribution < -0.4 is 15.8 Å². The van der Waals surface area contributed by atoms with E-state index >= 15 is 0 Å². The van der Waals surface area contributed by atoms with Crippen molar-refractivity contribution in [2.75, 3.05) is 0 Å². The van der Waals surface area contributed by atoms with Gasteiger partial charge in [0.25, 0.3) is 5.91 Å². The molecule has 0 aliphatic carbocycles. The average Bonchev–Trinajstić information content (AvgIpc) is 2.60. The number of carbonyl (C=O) groups excluding carboxylic acids is 2. The normalized spacial score (nSPS) is 13.0. The molecule has 1 heterocycles. The van der Waals surface area contributed by atoms with Crippen LogP contribution >= 0.6 is 0 Å². The van der Waals surface area contributed by atoms with Crippen molar-refractivity contribution < 1.29 is 19.4 Å². The number of aromatic nitrogens is 1. The lowest BCUT2D eigenvalue weighted by Crippen LogP contribution is -2.49. The third-order valence-corrected chi connectivity index (χ3v) is 3.28. The molecule has 1 aromatic carbocycles. The van der Waals surface area contributed by atoms with E-state index in [2.05, 4.69) is 10.3 Å². The molecule has 0 saturated heterocycles. The van der Waals surface area contributed by atoms with E-state index in [4.69, 9.17) is 10.5 Å². The first kappa shape index (κ1) is 17.6. The van der Waals surface area contributed by atoms with Crippen LogP contribution in [0.5, 0.6) is 5.75 Å². The van der Waals surface area contributed by atoms with E-state index in [1.807, 2.05) is 30.3 Å². The number of rotatable bonds is 6. The molecule has 7 nitrogen and oxygen atoms in total. The Balaban J connectivity index is 2.07. The number of aliphatic hydroxyl groups is 1. The van der Waals surface area contributed by atoms with Crippen LogP contribution in [0.3, 0.4) is 0 Å². The first-order chi connectivity index (χ1) is 11.5. The van der Waals surface area contributed by atoms with Crippen LogP contribution in [0.1, 0.15) is 23.0 Å².